The van der Waals surface area contributed by atoms with Gasteiger partial charge in [0.25, 0.3) is 6.47 Å². The summed E-state index contributed by atoms with van der Waals surface area (Å²) >= 11 is 0. The summed E-state index contributed by atoms with van der Waals surface area (Å²) in [6.45, 7) is 7.89. The topological polar surface area (TPSA) is 112 Å². The van der Waals surface area contributed by atoms with Crippen molar-refractivity contribution in [2.45, 2.75) is 39.2 Å². The fraction of sp³-hybridized carbons (Fsp3) is 0.765. The van der Waals surface area contributed by atoms with E-state index in [1.165, 1.54) is 12.8 Å². The maximum absolute atomic E-state index is 12.0. The van der Waals surface area contributed by atoms with E-state index in [1.807, 2.05) is 6.92 Å². The highest BCUT2D eigenvalue weighted by Crippen LogP contribution is 2.17. The van der Waals surface area contributed by atoms with Gasteiger partial charge in [-0.05, 0) is 57.8 Å². The molecule has 26 heavy (non-hydrogen) atoms. The van der Waals surface area contributed by atoms with E-state index in [-0.39, 0.29) is 12.4 Å². The van der Waals surface area contributed by atoms with Gasteiger partial charge >= 0.3 is 0 Å². The van der Waals surface area contributed by atoms with Crippen LogP contribution < -0.4 is 5.32 Å². The Balaban J connectivity index is 0.000000758. The molecule has 0 bridgehead atoms. The first-order chi connectivity index (χ1) is 12.6. The Morgan fingerprint density at radius 3 is 2.50 bits per heavy atom. The Bertz CT molecular complexity index is 551. The number of piperidine rings is 1. The minimum absolute atomic E-state index is 0.177. The molecule has 0 unspecified atom stereocenters. The van der Waals surface area contributed by atoms with Gasteiger partial charge in [-0.15, -0.1) is 0 Å². The smallest absolute Gasteiger partial charge is 0.290 e. The number of hydrogen-bond acceptors (Lipinski definition) is 7. The van der Waals surface area contributed by atoms with E-state index in [4.69, 9.17) is 14.4 Å². The van der Waals surface area contributed by atoms with E-state index in [0.717, 1.165) is 57.9 Å². The van der Waals surface area contributed by atoms with Gasteiger partial charge in [-0.1, -0.05) is 5.16 Å². The molecular weight excluding hydrogens is 338 g/mol. The van der Waals surface area contributed by atoms with Gasteiger partial charge in [0.2, 0.25) is 11.8 Å². The van der Waals surface area contributed by atoms with Gasteiger partial charge < -0.3 is 14.9 Å². The number of amides is 1. The molecule has 9 nitrogen and oxygen atoms in total. The summed E-state index contributed by atoms with van der Waals surface area (Å²) in [5.41, 5.74) is 0. The van der Waals surface area contributed by atoms with Crippen molar-refractivity contribution in [3.63, 3.8) is 0 Å². The first-order valence-electron chi connectivity index (χ1n) is 9.19. The molecule has 0 saturated carbocycles. The molecular formula is C17H29N5O4. The van der Waals surface area contributed by atoms with Crippen molar-refractivity contribution in [3.05, 3.63) is 11.7 Å². The summed E-state index contributed by atoms with van der Waals surface area (Å²) in [6, 6.07) is 0. The van der Waals surface area contributed by atoms with E-state index in [1.54, 1.807) is 0 Å². The summed E-state index contributed by atoms with van der Waals surface area (Å²) in [7, 11) is 0. The fourth-order valence-corrected chi connectivity index (χ4v) is 3.41. The third kappa shape index (κ3) is 7.09. The first kappa shape index (κ1) is 20.3. The molecule has 0 radical (unpaired) electrons. The van der Waals surface area contributed by atoms with Crippen LogP contribution in [0.25, 0.3) is 0 Å². The minimum Gasteiger partial charge on any atom is -0.483 e. The van der Waals surface area contributed by atoms with Crippen LogP contribution in [0.1, 0.15) is 37.4 Å². The number of nitrogens with zero attached hydrogens (tertiary/aromatic N) is 4. The summed E-state index contributed by atoms with van der Waals surface area (Å²) in [5.74, 6) is 2.15. The quantitative estimate of drug-likeness (QED) is 0.699. The Hall–Kier alpha value is -2.00. The molecule has 2 aliphatic heterocycles. The number of likely N-dealkylation sites (tertiary alicyclic amines) is 2. The van der Waals surface area contributed by atoms with Gasteiger partial charge in [-0.25, -0.2) is 0 Å². The molecule has 1 aromatic rings. The van der Waals surface area contributed by atoms with Crippen LogP contribution in [0, 0.1) is 12.8 Å². The van der Waals surface area contributed by atoms with Crippen LogP contribution in [0.5, 0.6) is 0 Å². The molecule has 2 aliphatic rings. The van der Waals surface area contributed by atoms with Crippen LogP contribution in [-0.4, -0.2) is 76.7 Å². The lowest BCUT2D eigenvalue weighted by Crippen LogP contribution is -2.41. The highest BCUT2D eigenvalue weighted by atomic mass is 16.5. The molecule has 0 atom stereocenters. The zero-order chi connectivity index (χ0) is 18.8. The second-order valence-electron chi connectivity index (χ2n) is 6.84. The summed E-state index contributed by atoms with van der Waals surface area (Å²) < 4.78 is 5.01. The van der Waals surface area contributed by atoms with Gasteiger partial charge in [-0.3, -0.25) is 19.4 Å². The Morgan fingerprint density at radius 2 is 1.92 bits per heavy atom. The van der Waals surface area contributed by atoms with Gasteiger partial charge in [0, 0.05) is 13.5 Å². The van der Waals surface area contributed by atoms with E-state index < -0.39 is 0 Å². The molecule has 2 N–H and O–H groups in total. The average molecular weight is 367 g/mol. The summed E-state index contributed by atoms with van der Waals surface area (Å²) in [4.78, 5) is 29.2. The van der Waals surface area contributed by atoms with Crippen molar-refractivity contribution in [1.29, 1.82) is 0 Å². The van der Waals surface area contributed by atoms with Crippen LogP contribution in [0.2, 0.25) is 0 Å². The maximum Gasteiger partial charge on any atom is 0.290 e. The predicted molar refractivity (Wildman–Crippen MR) is 94.4 cm³/mol. The molecule has 3 rings (SSSR count). The molecule has 0 aliphatic carbocycles. The van der Waals surface area contributed by atoms with E-state index in [9.17, 15) is 4.79 Å². The molecule has 1 amide bonds. The highest BCUT2D eigenvalue weighted by molar-refractivity contribution is 5.78. The molecule has 9 heteroatoms. The van der Waals surface area contributed by atoms with Crippen LogP contribution in [0.4, 0.5) is 0 Å². The number of carbonyl (C=O) groups excluding carboxylic acids is 1. The first-order valence-corrected chi connectivity index (χ1v) is 9.19. The molecule has 0 spiro atoms. The number of nitrogens with one attached hydrogen (secondary N) is 1. The Morgan fingerprint density at radius 1 is 1.27 bits per heavy atom. The van der Waals surface area contributed by atoms with Crippen molar-refractivity contribution in [2.75, 3.05) is 39.3 Å². The number of aryl methyl sites for hydroxylation is 1. The van der Waals surface area contributed by atoms with Crippen molar-refractivity contribution in [3.8, 4) is 0 Å². The molecule has 2 saturated heterocycles. The van der Waals surface area contributed by atoms with Crippen molar-refractivity contribution in [1.82, 2.24) is 25.3 Å². The third-order valence-corrected chi connectivity index (χ3v) is 4.80. The largest absolute Gasteiger partial charge is 0.483 e. The Labute approximate surface area is 153 Å². The van der Waals surface area contributed by atoms with E-state index >= 15 is 0 Å². The van der Waals surface area contributed by atoms with Gasteiger partial charge in [0.05, 0.1) is 13.1 Å². The zero-order valence-corrected chi connectivity index (χ0v) is 15.4. The van der Waals surface area contributed by atoms with Crippen LogP contribution in [0.3, 0.4) is 0 Å². The average Bonchev–Trinajstić information content (AvgIpc) is 3.27. The van der Waals surface area contributed by atoms with Gasteiger partial charge in [-0.2, -0.15) is 4.98 Å². The lowest BCUT2D eigenvalue weighted by Gasteiger charge is -2.31. The monoisotopic (exact) mass is 367 g/mol. The second kappa shape index (κ2) is 10.9. The van der Waals surface area contributed by atoms with Crippen molar-refractivity contribution >= 4 is 12.4 Å². The number of aromatic nitrogens is 2. The van der Waals surface area contributed by atoms with Crippen LogP contribution in [-0.2, 0) is 16.1 Å². The number of rotatable bonds is 6. The highest BCUT2D eigenvalue weighted by Gasteiger charge is 2.21. The normalized spacial score (nSPS) is 19.0. The van der Waals surface area contributed by atoms with Crippen molar-refractivity contribution < 1.29 is 19.2 Å². The fourth-order valence-electron chi connectivity index (χ4n) is 3.41. The number of hydrogen-bond donors (Lipinski definition) is 2. The standard InChI is InChI=1S/C16H27N5O2.CH2O2/c1-13-18-15(19-23-13)11-21-8-4-14(5-9-21)10-17-16(22)12-20-6-2-3-7-20;2-1-3/h14H,2-12H2,1H3,(H,17,22);1H,(H,2,3). The third-order valence-electron chi connectivity index (χ3n) is 4.80. The maximum atomic E-state index is 12.0. The van der Waals surface area contributed by atoms with Crippen LogP contribution >= 0.6 is 0 Å². The van der Waals surface area contributed by atoms with Gasteiger partial charge in [0.1, 0.15) is 0 Å². The number of carbonyl (C=O) groups is 2. The number of carboxylic acid groups (broad SMARTS) is 1. The summed E-state index contributed by atoms with van der Waals surface area (Å²) in [5, 5.41) is 13.9. The zero-order valence-electron chi connectivity index (χ0n) is 15.4. The molecule has 0 aromatic carbocycles. The van der Waals surface area contributed by atoms with Crippen LogP contribution in [0.15, 0.2) is 4.52 Å². The molecule has 3 heterocycles. The Kier molecular flexibility index (Phi) is 8.49. The van der Waals surface area contributed by atoms with E-state index in [0.29, 0.717) is 18.4 Å². The SMILES string of the molecule is Cc1nc(CN2CCC(CNC(=O)CN3CCCC3)CC2)no1.O=CO. The summed E-state index contributed by atoms with van der Waals surface area (Å²) in [6.07, 6.45) is 4.68. The molecule has 146 valence electrons. The predicted octanol–water partition coefficient (Wildman–Crippen LogP) is 0.503. The van der Waals surface area contributed by atoms with Gasteiger partial charge in [0.15, 0.2) is 5.82 Å². The minimum atomic E-state index is -0.250. The van der Waals surface area contributed by atoms with E-state index in [2.05, 4.69) is 25.3 Å². The second-order valence-corrected chi connectivity index (χ2v) is 6.84. The molecule has 1 aromatic heterocycles. The lowest BCUT2D eigenvalue weighted by atomic mass is 9.97. The lowest BCUT2D eigenvalue weighted by molar-refractivity contribution is -0.123. The van der Waals surface area contributed by atoms with Crippen molar-refractivity contribution in [2.24, 2.45) is 5.92 Å². The molecule has 2 fully saturated rings.